The van der Waals surface area contributed by atoms with E-state index in [1.165, 1.54) is 10.9 Å². The van der Waals surface area contributed by atoms with E-state index in [1.807, 2.05) is 12.1 Å². The van der Waals surface area contributed by atoms with Gasteiger partial charge in [-0.3, -0.25) is 4.79 Å². The lowest BCUT2D eigenvalue weighted by Crippen LogP contribution is -2.12. The van der Waals surface area contributed by atoms with Gasteiger partial charge in [0.1, 0.15) is 0 Å². The van der Waals surface area contributed by atoms with Gasteiger partial charge in [-0.15, -0.1) is 0 Å². The molecular formula is C15H19NO2. The number of hydrogen-bond donors (Lipinski definition) is 1. The molecule has 0 saturated carbocycles. The van der Waals surface area contributed by atoms with Crippen molar-refractivity contribution >= 4 is 16.9 Å². The van der Waals surface area contributed by atoms with Crippen LogP contribution in [0, 0.1) is 5.92 Å². The van der Waals surface area contributed by atoms with Gasteiger partial charge in [0, 0.05) is 23.1 Å². The van der Waals surface area contributed by atoms with E-state index in [2.05, 4.69) is 36.7 Å². The normalized spacial score (nSPS) is 13.1. The fraction of sp³-hybridized carbons (Fsp3) is 0.400. The van der Waals surface area contributed by atoms with Gasteiger partial charge in [-0.05, 0) is 38.0 Å². The van der Waals surface area contributed by atoms with Gasteiger partial charge in [-0.2, -0.15) is 0 Å². The Bertz CT molecular complexity index is 569. The van der Waals surface area contributed by atoms with Gasteiger partial charge >= 0.3 is 5.97 Å². The molecule has 1 atom stereocenters. The highest BCUT2D eigenvalue weighted by Gasteiger charge is 2.14. The Labute approximate surface area is 107 Å². The molecule has 1 unspecified atom stereocenters. The summed E-state index contributed by atoms with van der Waals surface area (Å²) in [6.07, 6.45) is 2.65. The number of hydrogen-bond acceptors (Lipinski definition) is 1. The second-order valence-electron chi connectivity index (χ2n) is 5.11. The van der Waals surface area contributed by atoms with Crippen LogP contribution in [0.2, 0.25) is 0 Å². The molecule has 1 N–H and O–H groups in total. The summed E-state index contributed by atoms with van der Waals surface area (Å²) < 4.78 is 2.21. The molecule has 2 rings (SSSR count). The minimum Gasteiger partial charge on any atom is -0.481 e. The van der Waals surface area contributed by atoms with E-state index in [-0.39, 0.29) is 5.92 Å². The third-order valence-corrected chi connectivity index (χ3v) is 3.36. The Morgan fingerprint density at radius 2 is 2.00 bits per heavy atom. The van der Waals surface area contributed by atoms with Gasteiger partial charge in [0.15, 0.2) is 0 Å². The highest BCUT2D eigenvalue weighted by atomic mass is 16.4. The molecule has 3 nitrogen and oxygen atoms in total. The van der Waals surface area contributed by atoms with Crippen LogP contribution in [0.5, 0.6) is 0 Å². The lowest BCUT2D eigenvalue weighted by atomic mass is 9.98. The summed E-state index contributed by atoms with van der Waals surface area (Å²) in [7, 11) is 0. The van der Waals surface area contributed by atoms with Crippen LogP contribution in [0.1, 0.15) is 32.4 Å². The van der Waals surface area contributed by atoms with Gasteiger partial charge in [-0.1, -0.05) is 19.1 Å². The second-order valence-corrected chi connectivity index (χ2v) is 5.11. The van der Waals surface area contributed by atoms with Crippen LogP contribution in [0.4, 0.5) is 0 Å². The van der Waals surface area contributed by atoms with E-state index in [0.717, 1.165) is 5.56 Å². The molecule has 0 aliphatic heterocycles. The number of rotatable bonds is 4. The highest BCUT2D eigenvalue weighted by Crippen LogP contribution is 2.25. The second kappa shape index (κ2) is 4.84. The van der Waals surface area contributed by atoms with Crippen molar-refractivity contribution in [3.8, 4) is 0 Å². The Morgan fingerprint density at radius 3 is 2.61 bits per heavy atom. The fourth-order valence-electron chi connectivity index (χ4n) is 2.30. The first-order valence-corrected chi connectivity index (χ1v) is 6.32. The van der Waals surface area contributed by atoms with Crippen molar-refractivity contribution < 1.29 is 9.90 Å². The minimum absolute atomic E-state index is 0.349. The number of carbonyl (C=O) groups is 1. The summed E-state index contributed by atoms with van der Waals surface area (Å²) in [4.78, 5) is 10.9. The van der Waals surface area contributed by atoms with Crippen LogP contribution in [-0.4, -0.2) is 15.6 Å². The standard InChI is InChI=1S/C15H19NO2/c1-10(2)16-8-7-13-12(5-4-6-14(13)16)9-11(3)15(17)18/h4-8,10-11H,9H2,1-3H3,(H,17,18). The minimum atomic E-state index is -0.740. The topological polar surface area (TPSA) is 42.2 Å². The maximum absolute atomic E-state index is 10.9. The molecule has 1 heterocycles. The van der Waals surface area contributed by atoms with Gasteiger partial charge in [0.2, 0.25) is 0 Å². The first kappa shape index (κ1) is 12.7. The molecule has 0 saturated heterocycles. The summed E-state index contributed by atoms with van der Waals surface area (Å²) in [6.45, 7) is 6.04. The van der Waals surface area contributed by atoms with Gasteiger partial charge < -0.3 is 9.67 Å². The quantitative estimate of drug-likeness (QED) is 0.896. The van der Waals surface area contributed by atoms with E-state index < -0.39 is 5.97 Å². The number of aliphatic carboxylic acids is 1. The van der Waals surface area contributed by atoms with Crippen LogP contribution in [0.25, 0.3) is 10.9 Å². The van der Waals surface area contributed by atoms with E-state index in [9.17, 15) is 4.79 Å². The Hall–Kier alpha value is -1.77. The summed E-state index contributed by atoms with van der Waals surface area (Å²) >= 11 is 0. The molecule has 0 amide bonds. The summed E-state index contributed by atoms with van der Waals surface area (Å²) in [5.41, 5.74) is 2.29. The molecule has 0 fully saturated rings. The summed E-state index contributed by atoms with van der Waals surface area (Å²) in [6, 6.07) is 8.61. The van der Waals surface area contributed by atoms with Gasteiger partial charge in [0.25, 0.3) is 0 Å². The van der Waals surface area contributed by atoms with Crippen LogP contribution in [-0.2, 0) is 11.2 Å². The fourth-order valence-corrected chi connectivity index (χ4v) is 2.30. The molecule has 1 aromatic carbocycles. The Kier molecular flexibility index (Phi) is 3.41. The zero-order chi connectivity index (χ0) is 13.3. The maximum atomic E-state index is 10.9. The van der Waals surface area contributed by atoms with Crippen molar-refractivity contribution in [3.05, 3.63) is 36.0 Å². The number of carboxylic acid groups (broad SMARTS) is 1. The first-order chi connectivity index (χ1) is 8.50. The first-order valence-electron chi connectivity index (χ1n) is 6.32. The van der Waals surface area contributed by atoms with E-state index in [0.29, 0.717) is 12.5 Å². The number of benzene rings is 1. The summed E-state index contributed by atoms with van der Waals surface area (Å²) in [5, 5.41) is 10.2. The lowest BCUT2D eigenvalue weighted by Gasteiger charge is -2.11. The van der Waals surface area contributed by atoms with Crippen molar-refractivity contribution in [2.24, 2.45) is 5.92 Å². The molecule has 1 aromatic heterocycles. The van der Waals surface area contributed by atoms with E-state index in [4.69, 9.17) is 5.11 Å². The Balaban J connectivity index is 2.43. The predicted molar refractivity (Wildman–Crippen MR) is 72.8 cm³/mol. The maximum Gasteiger partial charge on any atom is 0.306 e. The van der Waals surface area contributed by atoms with Crippen LogP contribution >= 0.6 is 0 Å². The zero-order valence-electron chi connectivity index (χ0n) is 11.1. The third-order valence-electron chi connectivity index (χ3n) is 3.36. The molecule has 0 bridgehead atoms. The third kappa shape index (κ3) is 2.26. The average molecular weight is 245 g/mol. The number of nitrogens with zero attached hydrogens (tertiary/aromatic N) is 1. The van der Waals surface area contributed by atoms with Crippen molar-refractivity contribution in [1.29, 1.82) is 0 Å². The summed E-state index contributed by atoms with van der Waals surface area (Å²) in [5.74, 6) is -1.09. The Morgan fingerprint density at radius 1 is 1.28 bits per heavy atom. The van der Waals surface area contributed by atoms with Crippen molar-refractivity contribution in [2.45, 2.75) is 33.2 Å². The molecule has 0 aliphatic rings. The smallest absolute Gasteiger partial charge is 0.306 e. The largest absolute Gasteiger partial charge is 0.481 e. The molecular weight excluding hydrogens is 226 g/mol. The predicted octanol–water partition coefficient (Wildman–Crippen LogP) is 3.49. The monoisotopic (exact) mass is 245 g/mol. The van der Waals surface area contributed by atoms with Crippen molar-refractivity contribution in [2.75, 3.05) is 0 Å². The zero-order valence-corrected chi connectivity index (χ0v) is 11.1. The number of aromatic nitrogens is 1. The molecule has 3 heteroatoms. The van der Waals surface area contributed by atoms with Crippen molar-refractivity contribution in [3.63, 3.8) is 0 Å². The van der Waals surface area contributed by atoms with Crippen molar-refractivity contribution in [1.82, 2.24) is 4.57 Å². The molecule has 0 spiro atoms. The molecule has 18 heavy (non-hydrogen) atoms. The van der Waals surface area contributed by atoms with Crippen LogP contribution in [0.15, 0.2) is 30.5 Å². The van der Waals surface area contributed by atoms with E-state index in [1.54, 1.807) is 6.92 Å². The number of fused-ring (bicyclic) bond motifs is 1. The van der Waals surface area contributed by atoms with Crippen LogP contribution in [0.3, 0.4) is 0 Å². The van der Waals surface area contributed by atoms with Crippen LogP contribution < -0.4 is 0 Å². The van der Waals surface area contributed by atoms with Gasteiger partial charge in [-0.25, -0.2) is 0 Å². The van der Waals surface area contributed by atoms with Gasteiger partial charge in [0.05, 0.1) is 5.92 Å². The SMILES string of the molecule is CC(Cc1cccc2c1ccn2C(C)C)C(=O)O. The highest BCUT2D eigenvalue weighted by molar-refractivity contribution is 5.84. The van der Waals surface area contributed by atoms with E-state index >= 15 is 0 Å². The molecule has 0 aliphatic carbocycles. The molecule has 0 radical (unpaired) electrons. The number of carboxylic acids is 1. The average Bonchev–Trinajstić information content (AvgIpc) is 2.73. The lowest BCUT2D eigenvalue weighted by molar-refractivity contribution is -0.141. The molecule has 2 aromatic rings. The molecule has 96 valence electrons.